The molecule has 0 aromatic carbocycles. The molecule has 2 aliphatic rings. The zero-order valence-electron chi connectivity index (χ0n) is 12.2. The molecule has 1 aromatic heterocycles. The minimum Gasteiger partial charge on any atom is -0.362 e. The summed E-state index contributed by atoms with van der Waals surface area (Å²) in [5.41, 5.74) is -0.131. The van der Waals surface area contributed by atoms with E-state index in [0.717, 1.165) is 39.0 Å². The maximum Gasteiger partial charge on any atom is 0.248 e. The van der Waals surface area contributed by atoms with Crippen LogP contribution >= 0.6 is 11.3 Å². The molecule has 3 rings (SSSR count). The van der Waals surface area contributed by atoms with Crippen molar-refractivity contribution in [2.75, 3.05) is 33.3 Å². The summed E-state index contributed by atoms with van der Waals surface area (Å²) in [5.74, 6) is 0.0971. The van der Waals surface area contributed by atoms with Gasteiger partial charge in [0, 0.05) is 36.4 Å². The van der Waals surface area contributed by atoms with Crippen LogP contribution in [0.1, 0.15) is 23.1 Å². The standard InChI is InChI=1S/C15H22N2O2S/c1-3-12-4-5-13(20-12)8-17-7-6-15(11-17)10-16(2)14(18)9-19-15/h4-5H,3,6-11H2,1-2H3/t15-/m0/s1. The molecule has 0 unspecified atom stereocenters. The molecule has 2 fully saturated rings. The highest BCUT2D eigenvalue weighted by Crippen LogP contribution is 2.31. The molecule has 3 heterocycles. The van der Waals surface area contributed by atoms with Crippen LogP contribution in [-0.4, -0.2) is 54.6 Å². The first kappa shape index (κ1) is 14.0. The number of morpholine rings is 1. The lowest BCUT2D eigenvalue weighted by atomic mass is 10.0. The molecule has 0 radical (unpaired) electrons. The van der Waals surface area contributed by atoms with E-state index >= 15 is 0 Å². The van der Waals surface area contributed by atoms with Gasteiger partial charge < -0.3 is 9.64 Å². The monoisotopic (exact) mass is 294 g/mol. The molecule has 2 aliphatic heterocycles. The Labute approximate surface area is 124 Å². The SMILES string of the molecule is CCc1ccc(CN2CC[C@@]3(C2)CN(C)C(=O)CO3)s1. The number of likely N-dealkylation sites (tertiary alicyclic amines) is 1. The van der Waals surface area contributed by atoms with Gasteiger partial charge in [0.1, 0.15) is 12.2 Å². The summed E-state index contributed by atoms with van der Waals surface area (Å²) < 4.78 is 5.87. The molecule has 0 N–H and O–H groups in total. The number of hydrogen-bond donors (Lipinski definition) is 0. The molecule has 1 spiro atoms. The maximum absolute atomic E-state index is 11.5. The minimum absolute atomic E-state index is 0.0971. The van der Waals surface area contributed by atoms with Crippen LogP contribution in [0, 0.1) is 0 Å². The number of rotatable bonds is 3. The molecule has 0 saturated carbocycles. The van der Waals surface area contributed by atoms with Gasteiger partial charge in [-0.25, -0.2) is 0 Å². The second-order valence-electron chi connectivity index (χ2n) is 5.90. The predicted octanol–water partition coefficient (Wildman–Crippen LogP) is 1.74. The van der Waals surface area contributed by atoms with Crippen LogP contribution < -0.4 is 0 Å². The molecule has 5 heteroatoms. The zero-order chi connectivity index (χ0) is 14.2. The van der Waals surface area contributed by atoms with E-state index in [4.69, 9.17) is 4.74 Å². The van der Waals surface area contributed by atoms with Crippen LogP contribution in [0.25, 0.3) is 0 Å². The number of amides is 1. The van der Waals surface area contributed by atoms with Crippen molar-refractivity contribution >= 4 is 17.2 Å². The van der Waals surface area contributed by atoms with Gasteiger partial charge in [-0.15, -0.1) is 11.3 Å². The Morgan fingerprint density at radius 3 is 2.85 bits per heavy atom. The van der Waals surface area contributed by atoms with E-state index in [0.29, 0.717) is 0 Å². The van der Waals surface area contributed by atoms with Crippen LogP contribution in [0.15, 0.2) is 12.1 Å². The van der Waals surface area contributed by atoms with Crippen molar-refractivity contribution in [3.63, 3.8) is 0 Å². The van der Waals surface area contributed by atoms with Gasteiger partial charge in [-0.2, -0.15) is 0 Å². The number of nitrogens with zero attached hydrogens (tertiary/aromatic N) is 2. The quantitative estimate of drug-likeness (QED) is 0.851. The highest BCUT2D eigenvalue weighted by Gasteiger charge is 2.43. The fourth-order valence-electron chi connectivity index (χ4n) is 3.12. The van der Waals surface area contributed by atoms with Gasteiger partial charge in [-0.05, 0) is 25.0 Å². The fraction of sp³-hybridized carbons (Fsp3) is 0.667. The van der Waals surface area contributed by atoms with Gasteiger partial charge in [0.05, 0.1) is 6.54 Å². The van der Waals surface area contributed by atoms with E-state index in [2.05, 4.69) is 24.0 Å². The summed E-state index contributed by atoms with van der Waals surface area (Å²) in [6.07, 6.45) is 2.14. The average Bonchev–Trinajstić information content (AvgIpc) is 3.03. The minimum atomic E-state index is -0.131. The fourth-order valence-corrected chi connectivity index (χ4v) is 4.12. The maximum atomic E-state index is 11.5. The summed E-state index contributed by atoms with van der Waals surface area (Å²) in [6.45, 7) is 6.16. The van der Waals surface area contributed by atoms with Crippen LogP contribution in [0.3, 0.4) is 0 Å². The molecule has 20 heavy (non-hydrogen) atoms. The molecule has 110 valence electrons. The first-order chi connectivity index (χ1) is 9.60. The van der Waals surface area contributed by atoms with Gasteiger partial charge >= 0.3 is 0 Å². The molecule has 0 bridgehead atoms. The first-order valence-corrected chi connectivity index (χ1v) is 8.10. The Balaban J connectivity index is 1.60. The Morgan fingerprint density at radius 1 is 1.35 bits per heavy atom. The third-order valence-corrected chi connectivity index (χ3v) is 5.51. The van der Waals surface area contributed by atoms with Crippen molar-refractivity contribution in [1.82, 2.24) is 9.80 Å². The number of hydrogen-bond acceptors (Lipinski definition) is 4. The van der Waals surface area contributed by atoms with Crippen LogP contribution in [0.4, 0.5) is 0 Å². The summed E-state index contributed by atoms with van der Waals surface area (Å²) in [5, 5.41) is 0. The molecule has 0 aliphatic carbocycles. The van der Waals surface area contributed by atoms with Gasteiger partial charge in [-0.3, -0.25) is 9.69 Å². The number of carbonyl (C=O) groups is 1. The second kappa shape index (κ2) is 5.47. The van der Waals surface area contributed by atoms with Crippen LogP contribution in [0.5, 0.6) is 0 Å². The molecule has 1 atom stereocenters. The summed E-state index contributed by atoms with van der Waals surface area (Å²) >= 11 is 1.91. The predicted molar refractivity (Wildman–Crippen MR) is 79.9 cm³/mol. The van der Waals surface area contributed by atoms with Gasteiger partial charge in [0.25, 0.3) is 0 Å². The van der Waals surface area contributed by atoms with Crippen molar-refractivity contribution in [3.8, 4) is 0 Å². The van der Waals surface area contributed by atoms with Crippen molar-refractivity contribution in [1.29, 1.82) is 0 Å². The smallest absolute Gasteiger partial charge is 0.248 e. The Morgan fingerprint density at radius 2 is 2.15 bits per heavy atom. The molecular formula is C15H22N2O2S. The zero-order valence-corrected chi connectivity index (χ0v) is 13.0. The van der Waals surface area contributed by atoms with Crippen LogP contribution in [-0.2, 0) is 22.5 Å². The highest BCUT2D eigenvalue weighted by atomic mass is 32.1. The number of thiophene rings is 1. The van der Waals surface area contributed by atoms with E-state index in [1.54, 1.807) is 0 Å². The van der Waals surface area contributed by atoms with E-state index in [1.807, 2.05) is 23.3 Å². The number of carbonyl (C=O) groups excluding carboxylic acids is 1. The van der Waals surface area contributed by atoms with Crippen molar-refractivity contribution in [2.24, 2.45) is 0 Å². The summed E-state index contributed by atoms with van der Waals surface area (Å²) in [6, 6.07) is 4.47. The Bertz CT molecular complexity index is 502. The van der Waals surface area contributed by atoms with Crippen molar-refractivity contribution in [2.45, 2.75) is 31.9 Å². The molecular weight excluding hydrogens is 272 g/mol. The van der Waals surface area contributed by atoms with E-state index in [9.17, 15) is 4.79 Å². The van der Waals surface area contributed by atoms with E-state index in [1.165, 1.54) is 9.75 Å². The normalized spacial score (nSPS) is 27.7. The van der Waals surface area contributed by atoms with Gasteiger partial charge in [-0.1, -0.05) is 6.92 Å². The Hall–Kier alpha value is -0.910. The van der Waals surface area contributed by atoms with Gasteiger partial charge in [0.2, 0.25) is 5.91 Å². The lowest BCUT2D eigenvalue weighted by Gasteiger charge is -2.38. The number of ether oxygens (including phenoxy) is 1. The molecule has 1 aromatic rings. The topological polar surface area (TPSA) is 32.8 Å². The van der Waals surface area contributed by atoms with Gasteiger partial charge in [0.15, 0.2) is 0 Å². The van der Waals surface area contributed by atoms with Crippen molar-refractivity contribution in [3.05, 3.63) is 21.9 Å². The average molecular weight is 294 g/mol. The summed E-state index contributed by atoms with van der Waals surface area (Å²) in [7, 11) is 1.88. The third kappa shape index (κ3) is 2.75. The lowest BCUT2D eigenvalue weighted by molar-refractivity contribution is -0.159. The van der Waals surface area contributed by atoms with E-state index in [-0.39, 0.29) is 18.1 Å². The third-order valence-electron chi connectivity index (χ3n) is 4.29. The largest absolute Gasteiger partial charge is 0.362 e. The number of likely N-dealkylation sites (N-methyl/N-ethyl adjacent to an activating group) is 1. The Kier molecular flexibility index (Phi) is 3.84. The first-order valence-electron chi connectivity index (χ1n) is 7.28. The summed E-state index contributed by atoms with van der Waals surface area (Å²) in [4.78, 5) is 18.7. The van der Waals surface area contributed by atoms with Crippen molar-refractivity contribution < 1.29 is 9.53 Å². The lowest BCUT2D eigenvalue weighted by Crippen LogP contribution is -2.54. The molecule has 2 saturated heterocycles. The highest BCUT2D eigenvalue weighted by molar-refractivity contribution is 7.11. The second-order valence-corrected chi connectivity index (χ2v) is 7.16. The number of aryl methyl sites for hydroxylation is 1. The van der Waals surface area contributed by atoms with E-state index < -0.39 is 0 Å². The van der Waals surface area contributed by atoms with Crippen LogP contribution in [0.2, 0.25) is 0 Å². The molecule has 4 nitrogen and oxygen atoms in total. The molecule has 1 amide bonds.